The maximum absolute atomic E-state index is 11.3. The van der Waals surface area contributed by atoms with Gasteiger partial charge in [-0.15, -0.1) is 0 Å². The Bertz CT molecular complexity index is 837. The fourth-order valence-electron chi connectivity index (χ4n) is 3.98. The maximum Gasteiger partial charge on any atom is 0.248 e. The van der Waals surface area contributed by atoms with Gasteiger partial charge in [-0.1, -0.05) is 12.1 Å². The van der Waals surface area contributed by atoms with Gasteiger partial charge in [0.15, 0.2) is 0 Å². The second kappa shape index (κ2) is 9.47. The lowest BCUT2D eigenvalue weighted by Gasteiger charge is -2.43. The Morgan fingerprint density at radius 1 is 1.17 bits per heavy atom. The topological polar surface area (TPSA) is 99.3 Å². The average molecular weight is 414 g/mol. The molecule has 7 nitrogen and oxygen atoms in total. The number of nitrogens with two attached hydrogens (primary N) is 1. The Labute approximate surface area is 177 Å². The Kier molecular flexibility index (Phi) is 6.97. The van der Waals surface area contributed by atoms with Crippen LogP contribution in [0.5, 0.6) is 5.75 Å². The molecule has 1 amide bonds. The summed E-state index contributed by atoms with van der Waals surface area (Å²) in [5.41, 5.74) is 6.60. The first-order valence-electron chi connectivity index (χ1n) is 10.3. The van der Waals surface area contributed by atoms with Crippen LogP contribution in [-0.2, 0) is 5.60 Å². The van der Waals surface area contributed by atoms with E-state index in [1.54, 1.807) is 31.2 Å². The molecule has 1 aliphatic rings. The SMILES string of the molecule is C[C@@H]1CN(C[C@@](C)(O)c2ccc(C(N)=O)cc2)CCN1c1ccc(OCCO)cc1. The maximum atomic E-state index is 11.3. The van der Waals surface area contributed by atoms with E-state index in [9.17, 15) is 9.90 Å². The largest absolute Gasteiger partial charge is 0.491 e. The second-order valence-corrected chi connectivity index (χ2v) is 8.06. The number of β-amino-alcohol motifs (C(OH)–C–C–N with tert-alkyl or cyclic N) is 1. The summed E-state index contributed by atoms with van der Waals surface area (Å²) in [5, 5.41) is 19.9. The van der Waals surface area contributed by atoms with Crippen molar-refractivity contribution in [3.8, 4) is 5.75 Å². The number of amides is 1. The number of nitrogens with zero attached hydrogens (tertiary/aromatic N) is 2. The molecule has 2 atom stereocenters. The molecular weight excluding hydrogens is 382 g/mol. The minimum atomic E-state index is -1.02. The summed E-state index contributed by atoms with van der Waals surface area (Å²) in [4.78, 5) is 15.9. The number of anilines is 1. The normalized spacial score (nSPS) is 19.3. The third kappa shape index (κ3) is 5.30. The molecule has 162 valence electrons. The molecule has 0 unspecified atom stereocenters. The summed E-state index contributed by atoms with van der Waals surface area (Å²) < 4.78 is 5.43. The van der Waals surface area contributed by atoms with Crippen LogP contribution in [0.1, 0.15) is 29.8 Å². The highest BCUT2D eigenvalue weighted by Gasteiger charge is 2.31. The second-order valence-electron chi connectivity index (χ2n) is 8.06. The van der Waals surface area contributed by atoms with E-state index in [2.05, 4.69) is 16.7 Å². The number of carbonyl (C=O) groups is 1. The first kappa shape index (κ1) is 22.1. The van der Waals surface area contributed by atoms with Crippen LogP contribution in [0.4, 0.5) is 5.69 Å². The van der Waals surface area contributed by atoms with Crippen molar-refractivity contribution in [3.05, 3.63) is 59.7 Å². The highest BCUT2D eigenvalue weighted by Crippen LogP contribution is 2.27. The molecule has 4 N–H and O–H groups in total. The molecule has 0 radical (unpaired) electrons. The smallest absolute Gasteiger partial charge is 0.248 e. The van der Waals surface area contributed by atoms with Crippen molar-refractivity contribution in [2.24, 2.45) is 5.73 Å². The van der Waals surface area contributed by atoms with Gasteiger partial charge >= 0.3 is 0 Å². The van der Waals surface area contributed by atoms with Crippen LogP contribution < -0.4 is 15.4 Å². The number of aliphatic hydroxyl groups is 2. The number of piperazine rings is 1. The minimum Gasteiger partial charge on any atom is -0.491 e. The number of hydrogen-bond donors (Lipinski definition) is 3. The van der Waals surface area contributed by atoms with Crippen molar-refractivity contribution in [1.82, 2.24) is 4.90 Å². The number of rotatable bonds is 8. The lowest BCUT2D eigenvalue weighted by atomic mass is 9.93. The molecule has 0 aliphatic carbocycles. The molecule has 2 aromatic carbocycles. The number of primary amides is 1. The predicted octanol–water partition coefficient (Wildman–Crippen LogP) is 1.57. The zero-order valence-electron chi connectivity index (χ0n) is 17.6. The van der Waals surface area contributed by atoms with E-state index in [1.165, 1.54) is 0 Å². The summed E-state index contributed by atoms with van der Waals surface area (Å²) >= 11 is 0. The summed E-state index contributed by atoms with van der Waals surface area (Å²) in [6, 6.07) is 15.0. The highest BCUT2D eigenvalue weighted by molar-refractivity contribution is 5.92. The fourth-order valence-corrected chi connectivity index (χ4v) is 3.98. The molecule has 0 aromatic heterocycles. The molecule has 0 spiro atoms. The molecule has 30 heavy (non-hydrogen) atoms. The van der Waals surface area contributed by atoms with Crippen LogP contribution in [0.3, 0.4) is 0 Å². The molecule has 1 aliphatic heterocycles. The average Bonchev–Trinajstić information content (AvgIpc) is 2.72. The van der Waals surface area contributed by atoms with Crippen molar-refractivity contribution < 1.29 is 19.7 Å². The molecule has 3 rings (SSSR count). The summed E-state index contributed by atoms with van der Waals surface area (Å²) in [7, 11) is 0. The Morgan fingerprint density at radius 3 is 2.40 bits per heavy atom. The van der Waals surface area contributed by atoms with Crippen molar-refractivity contribution in [2.75, 3.05) is 44.3 Å². The molecule has 7 heteroatoms. The summed E-state index contributed by atoms with van der Waals surface area (Å²) in [5.74, 6) is 0.275. The van der Waals surface area contributed by atoms with E-state index in [0.29, 0.717) is 18.7 Å². The summed E-state index contributed by atoms with van der Waals surface area (Å²) in [6.07, 6.45) is 0. The quantitative estimate of drug-likeness (QED) is 0.608. The van der Waals surface area contributed by atoms with E-state index in [0.717, 1.165) is 36.6 Å². The van der Waals surface area contributed by atoms with Crippen LogP contribution in [0.25, 0.3) is 0 Å². The third-order valence-corrected chi connectivity index (χ3v) is 5.56. The Morgan fingerprint density at radius 2 is 1.83 bits per heavy atom. The molecule has 0 bridgehead atoms. The van der Waals surface area contributed by atoms with Gasteiger partial charge in [0.25, 0.3) is 0 Å². The van der Waals surface area contributed by atoms with E-state index < -0.39 is 11.5 Å². The van der Waals surface area contributed by atoms with Crippen molar-refractivity contribution in [3.63, 3.8) is 0 Å². The zero-order valence-corrected chi connectivity index (χ0v) is 17.6. The Hall–Kier alpha value is -2.61. The molecule has 0 saturated carbocycles. The van der Waals surface area contributed by atoms with Crippen LogP contribution in [0, 0.1) is 0 Å². The van der Waals surface area contributed by atoms with Gasteiger partial charge in [-0.05, 0) is 55.8 Å². The number of hydrogen-bond acceptors (Lipinski definition) is 6. The number of carbonyl (C=O) groups excluding carboxylic acids is 1. The van der Waals surface area contributed by atoms with E-state index in [4.69, 9.17) is 15.6 Å². The van der Waals surface area contributed by atoms with Gasteiger partial charge in [0, 0.05) is 43.5 Å². The standard InChI is InChI=1S/C23H31N3O4/c1-17-15-25(16-23(2,29)19-5-3-18(4-6-19)22(24)28)11-12-26(17)20-7-9-21(10-8-20)30-14-13-27/h3-10,17,27,29H,11-16H2,1-2H3,(H2,24,28)/t17-,23-/m1/s1. The fraction of sp³-hybridized carbons (Fsp3) is 0.435. The van der Waals surface area contributed by atoms with Crippen LogP contribution in [0.2, 0.25) is 0 Å². The predicted molar refractivity (Wildman–Crippen MR) is 117 cm³/mol. The number of ether oxygens (including phenoxy) is 1. The molecular formula is C23H31N3O4. The van der Waals surface area contributed by atoms with Crippen molar-refractivity contribution >= 4 is 11.6 Å². The van der Waals surface area contributed by atoms with Gasteiger partial charge in [0.05, 0.1) is 12.2 Å². The van der Waals surface area contributed by atoms with Crippen LogP contribution in [-0.4, -0.2) is 66.5 Å². The van der Waals surface area contributed by atoms with E-state index in [-0.39, 0.29) is 12.6 Å². The van der Waals surface area contributed by atoms with Gasteiger partial charge < -0.3 is 25.6 Å². The third-order valence-electron chi connectivity index (χ3n) is 5.56. The van der Waals surface area contributed by atoms with Gasteiger partial charge in [-0.3, -0.25) is 9.69 Å². The van der Waals surface area contributed by atoms with Crippen molar-refractivity contribution in [1.29, 1.82) is 0 Å². The minimum absolute atomic E-state index is 0.000189. The number of aliphatic hydroxyl groups excluding tert-OH is 1. The van der Waals surface area contributed by atoms with Gasteiger partial charge in [-0.25, -0.2) is 0 Å². The molecule has 1 fully saturated rings. The summed E-state index contributed by atoms with van der Waals surface area (Å²) in [6.45, 7) is 7.30. The molecule has 1 heterocycles. The highest BCUT2D eigenvalue weighted by atomic mass is 16.5. The van der Waals surface area contributed by atoms with Crippen LogP contribution in [0.15, 0.2) is 48.5 Å². The lowest BCUT2D eigenvalue weighted by molar-refractivity contribution is 0.0111. The number of benzene rings is 2. The van der Waals surface area contributed by atoms with Gasteiger partial charge in [0.1, 0.15) is 12.4 Å². The molecule has 2 aromatic rings. The van der Waals surface area contributed by atoms with Crippen LogP contribution >= 0.6 is 0 Å². The zero-order chi connectivity index (χ0) is 21.7. The monoisotopic (exact) mass is 413 g/mol. The Balaban J connectivity index is 1.59. The molecule has 1 saturated heterocycles. The van der Waals surface area contributed by atoms with Crippen molar-refractivity contribution in [2.45, 2.75) is 25.5 Å². The van der Waals surface area contributed by atoms with Gasteiger partial charge in [-0.2, -0.15) is 0 Å². The first-order chi connectivity index (χ1) is 14.3. The van der Waals surface area contributed by atoms with Gasteiger partial charge in [0.2, 0.25) is 5.91 Å². The van der Waals surface area contributed by atoms with E-state index in [1.807, 2.05) is 24.3 Å². The lowest BCUT2D eigenvalue weighted by Crippen LogP contribution is -2.54. The van der Waals surface area contributed by atoms with E-state index >= 15 is 0 Å². The first-order valence-corrected chi connectivity index (χ1v) is 10.3.